The van der Waals surface area contributed by atoms with Crippen LogP contribution in [0.1, 0.15) is 49.4 Å². The van der Waals surface area contributed by atoms with Crippen LogP contribution in [0.4, 0.5) is 0 Å². The summed E-state index contributed by atoms with van der Waals surface area (Å²) in [7, 11) is 2.98. The van der Waals surface area contributed by atoms with Crippen molar-refractivity contribution in [3.63, 3.8) is 0 Å². The molecule has 0 radical (unpaired) electrons. The quantitative estimate of drug-likeness (QED) is 0.428. The van der Waals surface area contributed by atoms with Crippen molar-refractivity contribution < 1.29 is 28.6 Å². The Morgan fingerprint density at radius 2 is 1.92 bits per heavy atom. The van der Waals surface area contributed by atoms with Gasteiger partial charge >= 0.3 is 5.97 Å². The van der Waals surface area contributed by atoms with Crippen LogP contribution in [0, 0.1) is 5.41 Å². The molecule has 1 saturated carbocycles. The normalized spacial score (nSPS) is 20.0. The highest BCUT2D eigenvalue weighted by atomic mass is 16.5. The van der Waals surface area contributed by atoms with Crippen LogP contribution in [0.5, 0.6) is 11.5 Å². The van der Waals surface area contributed by atoms with Crippen molar-refractivity contribution >= 4 is 17.5 Å². The monoisotopic (exact) mass is 348 g/mol. The number of carbonyl (C=O) groups is 3. The lowest BCUT2D eigenvalue weighted by Gasteiger charge is -2.32. The van der Waals surface area contributed by atoms with Crippen LogP contribution < -0.4 is 9.47 Å². The Hall–Kier alpha value is -2.37. The third-order valence-electron chi connectivity index (χ3n) is 4.63. The molecule has 136 valence electrons. The largest absolute Gasteiger partial charge is 0.497 e. The van der Waals surface area contributed by atoms with E-state index in [4.69, 9.17) is 14.2 Å². The van der Waals surface area contributed by atoms with Gasteiger partial charge in [0.2, 0.25) is 0 Å². The van der Waals surface area contributed by atoms with Crippen LogP contribution in [0.25, 0.3) is 0 Å². The van der Waals surface area contributed by atoms with E-state index in [0.717, 1.165) is 12.8 Å². The molecule has 0 aromatic heterocycles. The maximum absolute atomic E-state index is 12.9. The standard InChI is InChI=1S/C19H24O6/c1-4-25-18(22)19(10-6-5-7-17(19)21)12-15(20)14-9-8-13(23-2)11-16(14)24-3/h8-9,11H,4-7,10,12H2,1-3H3. The molecule has 1 aromatic carbocycles. The van der Waals surface area contributed by atoms with Crippen molar-refractivity contribution in [2.75, 3.05) is 20.8 Å². The molecule has 1 unspecified atom stereocenters. The van der Waals surface area contributed by atoms with E-state index in [1.165, 1.54) is 14.2 Å². The Kier molecular flexibility index (Phi) is 6.17. The summed E-state index contributed by atoms with van der Waals surface area (Å²) < 4.78 is 15.5. The van der Waals surface area contributed by atoms with Gasteiger partial charge in [-0.25, -0.2) is 0 Å². The highest BCUT2D eigenvalue weighted by Crippen LogP contribution is 2.40. The lowest BCUT2D eigenvalue weighted by molar-refractivity contribution is -0.162. The number of ether oxygens (including phenoxy) is 3. The minimum atomic E-state index is -1.38. The highest BCUT2D eigenvalue weighted by Gasteiger charge is 2.49. The van der Waals surface area contributed by atoms with Gasteiger partial charge in [-0.3, -0.25) is 14.4 Å². The first kappa shape index (κ1) is 19.0. The van der Waals surface area contributed by atoms with Gasteiger partial charge in [-0.1, -0.05) is 6.42 Å². The molecule has 0 heterocycles. The predicted molar refractivity (Wildman–Crippen MR) is 91.0 cm³/mol. The van der Waals surface area contributed by atoms with Gasteiger partial charge in [0, 0.05) is 18.9 Å². The molecule has 2 rings (SSSR count). The van der Waals surface area contributed by atoms with Crippen molar-refractivity contribution in [2.45, 2.75) is 39.0 Å². The molecule has 1 aliphatic rings. The van der Waals surface area contributed by atoms with Gasteiger partial charge in [-0.05, 0) is 31.9 Å². The van der Waals surface area contributed by atoms with Crippen molar-refractivity contribution in [2.24, 2.45) is 5.41 Å². The summed E-state index contributed by atoms with van der Waals surface area (Å²) in [5.74, 6) is -0.213. The molecule has 0 saturated heterocycles. The number of benzene rings is 1. The molecule has 1 fully saturated rings. The lowest BCUT2D eigenvalue weighted by Crippen LogP contribution is -2.44. The van der Waals surface area contributed by atoms with Crippen molar-refractivity contribution in [3.05, 3.63) is 23.8 Å². The molecule has 0 bridgehead atoms. The zero-order chi connectivity index (χ0) is 18.4. The fourth-order valence-electron chi connectivity index (χ4n) is 3.23. The molecule has 0 aliphatic heterocycles. The Balaban J connectivity index is 2.34. The van der Waals surface area contributed by atoms with Crippen molar-refractivity contribution in [1.29, 1.82) is 0 Å². The van der Waals surface area contributed by atoms with E-state index < -0.39 is 11.4 Å². The molecule has 1 aromatic rings. The van der Waals surface area contributed by atoms with Gasteiger partial charge in [0.15, 0.2) is 11.6 Å². The molecule has 0 amide bonds. The van der Waals surface area contributed by atoms with Gasteiger partial charge in [-0.15, -0.1) is 0 Å². The maximum atomic E-state index is 12.9. The van der Waals surface area contributed by atoms with Crippen LogP contribution in [0.2, 0.25) is 0 Å². The summed E-state index contributed by atoms with van der Waals surface area (Å²) in [5, 5.41) is 0. The number of carbonyl (C=O) groups excluding carboxylic acids is 3. The first-order chi connectivity index (χ1) is 12.0. The van der Waals surface area contributed by atoms with E-state index in [1.54, 1.807) is 25.1 Å². The number of ketones is 2. The summed E-state index contributed by atoms with van der Waals surface area (Å²) >= 11 is 0. The number of hydrogen-bond acceptors (Lipinski definition) is 6. The topological polar surface area (TPSA) is 78.9 Å². The predicted octanol–water partition coefficient (Wildman–Crippen LogP) is 2.97. The second kappa shape index (κ2) is 8.14. The van der Waals surface area contributed by atoms with E-state index in [9.17, 15) is 14.4 Å². The van der Waals surface area contributed by atoms with Crippen LogP contribution in [-0.2, 0) is 14.3 Å². The number of hydrogen-bond donors (Lipinski definition) is 0. The number of Topliss-reactive ketones (excluding diaryl/α,β-unsaturated/α-hetero) is 2. The second-order valence-electron chi connectivity index (χ2n) is 6.10. The zero-order valence-electron chi connectivity index (χ0n) is 14.9. The fraction of sp³-hybridized carbons (Fsp3) is 0.526. The zero-order valence-corrected chi connectivity index (χ0v) is 14.9. The third-order valence-corrected chi connectivity index (χ3v) is 4.63. The summed E-state index contributed by atoms with van der Waals surface area (Å²) in [5.41, 5.74) is -1.05. The summed E-state index contributed by atoms with van der Waals surface area (Å²) in [6.45, 7) is 1.86. The Bertz CT molecular complexity index is 666. The third kappa shape index (κ3) is 3.83. The minimum Gasteiger partial charge on any atom is -0.497 e. The Morgan fingerprint density at radius 1 is 1.16 bits per heavy atom. The van der Waals surface area contributed by atoms with E-state index in [-0.39, 0.29) is 24.6 Å². The molecular weight excluding hydrogens is 324 g/mol. The van der Waals surface area contributed by atoms with Gasteiger partial charge < -0.3 is 14.2 Å². The number of methoxy groups -OCH3 is 2. The molecule has 25 heavy (non-hydrogen) atoms. The van der Waals surface area contributed by atoms with E-state index in [1.807, 2.05) is 0 Å². The highest BCUT2D eigenvalue weighted by molar-refractivity contribution is 6.10. The molecule has 6 nitrogen and oxygen atoms in total. The SMILES string of the molecule is CCOC(=O)C1(CC(=O)c2ccc(OC)cc2OC)CCCCC1=O. The average molecular weight is 348 g/mol. The second-order valence-corrected chi connectivity index (χ2v) is 6.10. The lowest BCUT2D eigenvalue weighted by atomic mass is 9.69. The average Bonchev–Trinajstić information content (AvgIpc) is 2.63. The molecule has 1 aliphatic carbocycles. The van der Waals surface area contributed by atoms with E-state index >= 15 is 0 Å². The maximum Gasteiger partial charge on any atom is 0.320 e. The van der Waals surface area contributed by atoms with E-state index in [2.05, 4.69) is 0 Å². The first-order valence-corrected chi connectivity index (χ1v) is 8.44. The summed E-state index contributed by atoms with van der Waals surface area (Å²) in [6, 6.07) is 4.84. The molecule has 6 heteroatoms. The van der Waals surface area contributed by atoms with Gasteiger partial charge in [0.05, 0.1) is 26.4 Å². The van der Waals surface area contributed by atoms with Crippen molar-refractivity contribution in [1.82, 2.24) is 0 Å². The van der Waals surface area contributed by atoms with Crippen LogP contribution in [-0.4, -0.2) is 38.4 Å². The first-order valence-electron chi connectivity index (χ1n) is 8.44. The molecule has 0 N–H and O–H groups in total. The van der Waals surface area contributed by atoms with Crippen LogP contribution in [0.3, 0.4) is 0 Å². The fourth-order valence-corrected chi connectivity index (χ4v) is 3.23. The van der Waals surface area contributed by atoms with Gasteiger partial charge in [0.1, 0.15) is 16.9 Å². The number of esters is 1. The molecule has 0 spiro atoms. The van der Waals surface area contributed by atoms with E-state index in [0.29, 0.717) is 29.9 Å². The van der Waals surface area contributed by atoms with Gasteiger partial charge in [0.25, 0.3) is 0 Å². The molecule has 1 atom stereocenters. The van der Waals surface area contributed by atoms with Crippen LogP contribution in [0.15, 0.2) is 18.2 Å². The Labute approximate surface area is 147 Å². The summed E-state index contributed by atoms with van der Waals surface area (Å²) in [4.78, 5) is 37.9. The smallest absolute Gasteiger partial charge is 0.320 e. The minimum absolute atomic E-state index is 0.175. The summed E-state index contributed by atoms with van der Waals surface area (Å²) in [6.07, 6.45) is 1.89. The molecular formula is C19H24O6. The van der Waals surface area contributed by atoms with Crippen LogP contribution >= 0.6 is 0 Å². The number of rotatable bonds is 7. The Morgan fingerprint density at radius 3 is 2.52 bits per heavy atom. The van der Waals surface area contributed by atoms with Gasteiger partial charge in [-0.2, -0.15) is 0 Å². The van der Waals surface area contributed by atoms with Crippen molar-refractivity contribution in [3.8, 4) is 11.5 Å².